The minimum Gasteiger partial charge on any atom is -0.330 e. The normalized spacial score (nSPS) is 24.2. The smallest absolute Gasteiger partial charge is 0.00142 e. The van der Waals surface area contributed by atoms with Gasteiger partial charge in [0.15, 0.2) is 0 Å². The van der Waals surface area contributed by atoms with Gasteiger partial charge in [-0.1, -0.05) is 24.6 Å². The summed E-state index contributed by atoms with van der Waals surface area (Å²) in [4.78, 5) is 0. The minimum absolute atomic E-state index is 0.511. The van der Waals surface area contributed by atoms with E-state index in [4.69, 9.17) is 5.73 Å². The van der Waals surface area contributed by atoms with Gasteiger partial charge >= 0.3 is 0 Å². The average Bonchev–Trinajstić information content (AvgIpc) is 2.53. The molecular weight excluding hydrogens is 158 g/mol. The van der Waals surface area contributed by atoms with Crippen molar-refractivity contribution >= 4 is 0 Å². The Hall–Kier alpha value is -0.560. The molecule has 1 nitrogen and oxygen atoms in total. The van der Waals surface area contributed by atoms with Gasteiger partial charge in [0.1, 0.15) is 0 Å². The van der Waals surface area contributed by atoms with E-state index in [1.165, 1.54) is 25.7 Å². The predicted molar refractivity (Wildman–Crippen MR) is 58.5 cm³/mol. The fourth-order valence-corrected chi connectivity index (χ4v) is 1.89. The molecule has 1 heteroatoms. The zero-order valence-electron chi connectivity index (χ0n) is 8.63. The van der Waals surface area contributed by atoms with Crippen molar-refractivity contribution in [2.45, 2.75) is 32.6 Å². The number of allylic oxidation sites excluding steroid dienone is 2. The Morgan fingerprint density at radius 1 is 1.77 bits per heavy atom. The highest BCUT2D eigenvalue weighted by Crippen LogP contribution is 2.27. The first-order chi connectivity index (χ1) is 6.26. The first-order valence-electron chi connectivity index (χ1n) is 5.28. The molecule has 2 atom stereocenters. The summed E-state index contributed by atoms with van der Waals surface area (Å²) in [5.74, 6) is 1.31. The summed E-state index contributed by atoms with van der Waals surface area (Å²) in [7, 11) is 0. The van der Waals surface area contributed by atoms with Gasteiger partial charge in [-0.05, 0) is 44.1 Å². The highest BCUT2D eigenvalue weighted by molar-refractivity contribution is 5.10. The molecule has 74 valence electrons. The second kappa shape index (κ2) is 5.23. The summed E-state index contributed by atoms with van der Waals surface area (Å²) >= 11 is 0. The Labute approximate surface area is 81.7 Å². The standard InChI is InChI=1S/C12H21N/c1-3-11(9-13)6-7-12-5-4-10(2)8-12/h3,8,10-11H,1,4-7,9,13H2,2H3. The molecule has 0 aromatic carbocycles. The van der Waals surface area contributed by atoms with Crippen LogP contribution < -0.4 is 5.73 Å². The fourth-order valence-electron chi connectivity index (χ4n) is 1.89. The highest BCUT2D eigenvalue weighted by Gasteiger charge is 2.12. The van der Waals surface area contributed by atoms with Crippen molar-refractivity contribution in [3.05, 3.63) is 24.3 Å². The third kappa shape index (κ3) is 3.35. The Kier molecular flexibility index (Phi) is 4.23. The summed E-state index contributed by atoms with van der Waals surface area (Å²) in [6.45, 7) is 6.83. The first kappa shape index (κ1) is 10.5. The maximum Gasteiger partial charge on any atom is -0.00142 e. The van der Waals surface area contributed by atoms with Gasteiger partial charge in [-0.15, -0.1) is 6.58 Å². The van der Waals surface area contributed by atoms with Crippen molar-refractivity contribution < 1.29 is 0 Å². The maximum absolute atomic E-state index is 5.60. The summed E-state index contributed by atoms with van der Waals surface area (Å²) in [6, 6.07) is 0. The third-order valence-electron chi connectivity index (χ3n) is 2.91. The fraction of sp³-hybridized carbons (Fsp3) is 0.667. The molecular formula is C12H21N. The van der Waals surface area contributed by atoms with Gasteiger partial charge < -0.3 is 5.73 Å². The summed E-state index contributed by atoms with van der Waals surface area (Å²) in [5.41, 5.74) is 7.24. The van der Waals surface area contributed by atoms with E-state index in [1.807, 2.05) is 6.08 Å². The van der Waals surface area contributed by atoms with E-state index in [-0.39, 0.29) is 0 Å². The molecule has 0 spiro atoms. The van der Waals surface area contributed by atoms with Crippen molar-refractivity contribution in [1.82, 2.24) is 0 Å². The Morgan fingerprint density at radius 3 is 3.00 bits per heavy atom. The quantitative estimate of drug-likeness (QED) is 0.645. The van der Waals surface area contributed by atoms with Crippen LogP contribution in [0.4, 0.5) is 0 Å². The van der Waals surface area contributed by atoms with Crippen LogP contribution >= 0.6 is 0 Å². The van der Waals surface area contributed by atoms with E-state index < -0.39 is 0 Å². The molecule has 2 unspecified atom stereocenters. The topological polar surface area (TPSA) is 26.0 Å². The van der Waals surface area contributed by atoms with E-state index >= 15 is 0 Å². The van der Waals surface area contributed by atoms with Gasteiger partial charge in [0, 0.05) is 0 Å². The lowest BCUT2D eigenvalue weighted by Crippen LogP contribution is -2.11. The van der Waals surface area contributed by atoms with Crippen LogP contribution in [0.2, 0.25) is 0 Å². The Balaban J connectivity index is 2.25. The van der Waals surface area contributed by atoms with Gasteiger partial charge in [-0.25, -0.2) is 0 Å². The zero-order valence-corrected chi connectivity index (χ0v) is 8.63. The molecule has 2 N–H and O–H groups in total. The molecule has 1 rings (SSSR count). The number of nitrogens with two attached hydrogens (primary N) is 1. The molecule has 0 aliphatic heterocycles. The molecule has 13 heavy (non-hydrogen) atoms. The van der Waals surface area contributed by atoms with E-state index in [2.05, 4.69) is 19.6 Å². The van der Waals surface area contributed by atoms with Crippen LogP contribution in [0, 0.1) is 11.8 Å². The second-order valence-electron chi connectivity index (χ2n) is 4.11. The van der Waals surface area contributed by atoms with Gasteiger partial charge in [0.05, 0.1) is 0 Å². The summed E-state index contributed by atoms with van der Waals surface area (Å²) < 4.78 is 0. The van der Waals surface area contributed by atoms with Gasteiger partial charge in [-0.3, -0.25) is 0 Å². The van der Waals surface area contributed by atoms with Crippen molar-refractivity contribution in [2.24, 2.45) is 17.6 Å². The molecule has 1 aliphatic carbocycles. The van der Waals surface area contributed by atoms with Crippen LogP contribution in [0.5, 0.6) is 0 Å². The molecule has 0 amide bonds. The first-order valence-corrected chi connectivity index (χ1v) is 5.28. The van der Waals surface area contributed by atoms with Crippen molar-refractivity contribution in [3.63, 3.8) is 0 Å². The highest BCUT2D eigenvalue weighted by atomic mass is 14.5. The predicted octanol–water partition coefficient (Wildman–Crippen LogP) is 2.88. The van der Waals surface area contributed by atoms with Gasteiger partial charge in [-0.2, -0.15) is 0 Å². The lowest BCUT2D eigenvalue weighted by Gasteiger charge is -2.09. The SMILES string of the molecule is C=CC(CN)CCC1=CC(C)CC1. The number of rotatable bonds is 5. The van der Waals surface area contributed by atoms with Gasteiger partial charge in [0.25, 0.3) is 0 Å². The molecule has 1 aliphatic rings. The maximum atomic E-state index is 5.60. The monoisotopic (exact) mass is 179 g/mol. The molecule has 0 saturated heterocycles. The minimum atomic E-state index is 0.511. The van der Waals surface area contributed by atoms with Crippen LogP contribution in [-0.4, -0.2) is 6.54 Å². The summed E-state index contributed by atoms with van der Waals surface area (Å²) in [5, 5.41) is 0. The Morgan fingerprint density at radius 2 is 2.54 bits per heavy atom. The van der Waals surface area contributed by atoms with Crippen LogP contribution in [0.1, 0.15) is 32.6 Å². The molecule has 0 heterocycles. The molecule has 0 fully saturated rings. The van der Waals surface area contributed by atoms with Crippen molar-refractivity contribution in [2.75, 3.05) is 6.54 Å². The number of hydrogen-bond acceptors (Lipinski definition) is 1. The van der Waals surface area contributed by atoms with E-state index in [1.54, 1.807) is 5.57 Å². The third-order valence-corrected chi connectivity index (χ3v) is 2.91. The summed E-state index contributed by atoms with van der Waals surface area (Å²) in [6.07, 6.45) is 9.46. The molecule has 0 bridgehead atoms. The van der Waals surface area contributed by atoms with Crippen molar-refractivity contribution in [3.8, 4) is 0 Å². The molecule has 0 saturated carbocycles. The van der Waals surface area contributed by atoms with E-state index in [0.29, 0.717) is 5.92 Å². The van der Waals surface area contributed by atoms with Crippen molar-refractivity contribution in [1.29, 1.82) is 0 Å². The molecule has 0 radical (unpaired) electrons. The van der Waals surface area contributed by atoms with Crippen LogP contribution in [-0.2, 0) is 0 Å². The average molecular weight is 179 g/mol. The lowest BCUT2D eigenvalue weighted by molar-refractivity contribution is 0.594. The Bertz CT molecular complexity index is 193. The molecule has 0 aromatic heterocycles. The second-order valence-corrected chi connectivity index (χ2v) is 4.11. The van der Waals surface area contributed by atoms with Crippen LogP contribution in [0.3, 0.4) is 0 Å². The molecule has 0 aromatic rings. The number of hydrogen-bond donors (Lipinski definition) is 1. The van der Waals surface area contributed by atoms with Gasteiger partial charge in [0.2, 0.25) is 0 Å². The lowest BCUT2D eigenvalue weighted by atomic mass is 9.99. The van der Waals surface area contributed by atoms with Crippen LogP contribution in [0.25, 0.3) is 0 Å². The van der Waals surface area contributed by atoms with E-state index in [0.717, 1.165) is 12.5 Å². The van der Waals surface area contributed by atoms with Crippen LogP contribution in [0.15, 0.2) is 24.3 Å². The largest absolute Gasteiger partial charge is 0.330 e. The zero-order chi connectivity index (χ0) is 9.68. The van der Waals surface area contributed by atoms with E-state index in [9.17, 15) is 0 Å².